The van der Waals surface area contributed by atoms with Gasteiger partial charge in [-0.25, -0.2) is 0 Å². The summed E-state index contributed by atoms with van der Waals surface area (Å²) in [6.45, 7) is 3.34. The third kappa shape index (κ3) is 2.92. The van der Waals surface area contributed by atoms with Crippen molar-refractivity contribution in [3.63, 3.8) is 0 Å². The summed E-state index contributed by atoms with van der Waals surface area (Å²) in [5, 5.41) is 5.82. The Bertz CT molecular complexity index is 502. The lowest BCUT2D eigenvalue weighted by Gasteiger charge is -2.24. The maximum absolute atomic E-state index is 12.7. The second kappa shape index (κ2) is 6.41. The Hall–Kier alpha value is -2.04. The first-order valence-corrected chi connectivity index (χ1v) is 6.99. The summed E-state index contributed by atoms with van der Waals surface area (Å²) in [5.74, 6) is -0.304. The van der Waals surface area contributed by atoms with Crippen LogP contribution in [0.5, 0.6) is 0 Å². The van der Waals surface area contributed by atoms with E-state index in [0.29, 0.717) is 13.1 Å². The van der Waals surface area contributed by atoms with Crippen molar-refractivity contribution in [3.8, 4) is 0 Å². The smallest absolute Gasteiger partial charge is 0.239 e. The molecule has 2 rings (SSSR count). The Morgan fingerprint density at radius 2 is 2.15 bits per heavy atom. The minimum absolute atomic E-state index is 0.0212. The van der Waals surface area contributed by atoms with Gasteiger partial charge in [0, 0.05) is 25.8 Å². The van der Waals surface area contributed by atoms with Crippen LogP contribution < -0.4 is 10.6 Å². The van der Waals surface area contributed by atoms with Gasteiger partial charge in [-0.15, -0.1) is 0 Å². The summed E-state index contributed by atoms with van der Waals surface area (Å²) in [7, 11) is 1.59. The van der Waals surface area contributed by atoms with Gasteiger partial charge in [-0.05, 0) is 18.1 Å². The van der Waals surface area contributed by atoms with E-state index in [2.05, 4.69) is 10.6 Å². The Labute approximate surface area is 119 Å². The standard InChI is InChI=1S/C15H21N3O2/c1-3-8-18(10-14(19)16-2)15(20)12-9-17-13-7-5-4-6-11(12)13/h4-7,12,17H,3,8-10H2,1-2H3,(H,16,19). The number of fused-ring (bicyclic) bond motifs is 1. The van der Waals surface area contributed by atoms with E-state index in [-0.39, 0.29) is 24.3 Å². The number of amides is 2. The number of hydrogen-bond acceptors (Lipinski definition) is 3. The largest absolute Gasteiger partial charge is 0.384 e. The van der Waals surface area contributed by atoms with Gasteiger partial charge in [-0.2, -0.15) is 0 Å². The van der Waals surface area contributed by atoms with Crippen LogP contribution in [0.1, 0.15) is 24.8 Å². The summed E-state index contributed by atoms with van der Waals surface area (Å²) >= 11 is 0. The summed E-state index contributed by atoms with van der Waals surface area (Å²) in [6, 6.07) is 7.84. The Morgan fingerprint density at radius 1 is 1.40 bits per heavy atom. The summed E-state index contributed by atoms with van der Waals surface area (Å²) in [4.78, 5) is 25.8. The highest BCUT2D eigenvalue weighted by molar-refractivity contribution is 5.91. The quantitative estimate of drug-likeness (QED) is 0.848. The molecule has 1 unspecified atom stereocenters. The van der Waals surface area contributed by atoms with Crippen LogP contribution >= 0.6 is 0 Å². The Morgan fingerprint density at radius 3 is 2.85 bits per heavy atom. The van der Waals surface area contributed by atoms with E-state index in [0.717, 1.165) is 17.7 Å². The van der Waals surface area contributed by atoms with Crippen LogP contribution in [0.15, 0.2) is 24.3 Å². The number of nitrogens with zero attached hydrogens (tertiary/aromatic N) is 1. The van der Waals surface area contributed by atoms with Crippen molar-refractivity contribution in [2.45, 2.75) is 19.3 Å². The number of hydrogen-bond donors (Lipinski definition) is 2. The minimum atomic E-state index is -0.192. The lowest BCUT2D eigenvalue weighted by Crippen LogP contribution is -2.42. The lowest BCUT2D eigenvalue weighted by atomic mass is 9.99. The predicted octanol–water partition coefficient (Wildman–Crippen LogP) is 1.18. The highest BCUT2D eigenvalue weighted by atomic mass is 16.2. The van der Waals surface area contributed by atoms with E-state index < -0.39 is 0 Å². The van der Waals surface area contributed by atoms with E-state index in [1.165, 1.54) is 0 Å². The molecule has 0 fully saturated rings. The van der Waals surface area contributed by atoms with Gasteiger partial charge in [0.15, 0.2) is 0 Å². The van der Waals surface area contributed by atoms with Crippen molar-refractivity contribution < 1.29 is 9.59 Å². The molecule has 0 radical (unpaired) electrons. The molecule has 1 aliphatic heterocycles. The first-order chi connectivity index (χ1) is 9.67. The number of carbonyl (C=O) groups is 2. The van der Waals surface area contributed by atoms with Gasteiger partial charge in [0.2, 0.25) is 11.8 Å². The van der Waals surface area contributed by atoms with Crippen LogP contribution in [-0.4, -0.2) is 43.4 Å². The van der Waals surface area contributed by atoms with Gasteiger partial charge in [0.05, 0.1) is 12.5 Å². The number of nitrogens with one attached hydrogen (secondary N) is 2. The number of benzene rings is 1. The summed E-state index contributed by atoms with van der Waals surface area (Å²) in [5.41, 5.74) is 2.04. The zero-order valence-corrected chi connectivity index (χ0v) is 12.0. The summed E-state index contributed by atoms with van der Waals surface area (Å²) < 4.78 is 0. The first-order valence-electron chi connectivity index (χ1n) is 6.99. The van der Waals surface area contributed by atoms with E-state index in [1.54, 1.807) is 11.9 Å². The average molecular weight is 275 g/mol. The highest BCUT2D eigenvalue weighted by Crippen LogP contribution is 2.32. The molecule has 0 spiro atoms. The lowest BCUT2D eigenvalue weighted by molar-refractivity contribution is -0.136. The molecule has 1 aromatic carbocycles. The molecule has 0 aliphatic carbocycles. The number of rotatable bonds is 5. The van der Waals surface area contributed by atoms with Crippen LogP contribution in [0.3, 0.4) is 0 Å². The van der Waals surface area contributed by atoms with Crippen molar-refractivity contribution in [2.24, 2.45) is 0 Å². The van der Waals surface area contributed by atoms with Crippen molar-refractivity contribution in [1.82, 2.24) is 10.2 Å². The Kier molecular flexibility index (Phi) is 4.61. The fourth-order valence-electron chi connectivity index (χ4n) is 2.51. The molecule has 1 heterocycles. The van der Waals surface area contributed by atoms with Crippen LogP contribution in [0, 0.1) is 0 Å². The molecule has 2 amide bonds. The molecular weight excluding hydrogens is 254 g/mol. The molecular formula is C15H21N3O2. The van der Waals surface area contributed by atoms with Gasteiger partial charge in [-0.1, -0.05) is 25.1 Å². The third-order valence-electron chi connectivity index (χ3n) is 3.55. The van der Waals surface area contributed by atoms with Gasteiger partial charge in [0.1, 0.15) is 0 Å². The second-order valence-electron chi connectivity index (χ2n) is 4.95. The molecule has 1 aliphatic rings. The van der Waals surface area contributed by atoms with Crippen LogP contribution in [0.2, 0.25) is 0 Å². The fourth-order valence-corrected chi connectivity index (χ4v) is 2.51. The third-order valence-corrected chi connectivity index (χ3v) is 3.55. The van der Waals surface area contributed by atoms with Crippen LogP contribution in [-0.2, 0) is 9.59 Å². The Balaban J connectivity index is 2.14. The van der Waals surface area contributed by atoms with Crippen LogP contribution in [0.4, 0.5) is 5.69 Å². The molecule has 5 nitrogen and oxygen atoms in total. The van der Waals surface area contributed by atoms with Crippen molar-refractivity contribution in [2.75, 3.05) is 32.0 Å². The molecule has 108 valence electrons. The van der Waals surface area contributed by atoms with Crippen molar-refractivity contribution >= 4 is 17.5 Å². The van der Waals surface area contributed by atoms with E-state index in [1.807, 2.05) is 31.2 Å². The normalized spacial score (nSPS) is 16.2. The van der Waals surface area contributed by atoms with Crippen LogP contribution in [0.25, 0.3) is 0 Å². The van der Waals surface area contributed by atoms with Crippen molar-refractivity contribution in [1.29, 1.82) is 0 Å². The molecule has 1 atom stereocenters. The number of para-hydroxylation sites is 1. The SMILES string of the molecule is CCCN(CC(=O)NC)C(=O)C1CNc2ccccc21. The number of anilines is 1. The van der Waals surface area contributed by atoms with Crippen molar-refractivity contribution in [3.05, 3.63) is 29.8 Å². The monoisotopic (exact) mass is 275 g/mol. The molecule has 0 saturated carbocycles. The zero-order chi connectivity index (χ0) is 14.5. The number of carbonyl (C=O) groups excluding carboxylic acids is 2. The highest BCUT2D eigenvalue weighted by Gasteiger charge is 2.31. The maximum atomic E-state index is 12.7. The first kappa shape index (κ1) is 14.4. The second-order valence-corrected chi connectivity index (χ2v) is 4.95. The minimum Gasteiger partial charge on any atom is -0.384 e. The topological polar surface area (TPSA) is 61.4 Å². The molecule has 0 aromatic heterocycles. The maximum Gasteiger partial charge on any atom is 0.239 e. The molecule has 1 aromatic rings. The molecule has 2 N–H and O–H groups in total. The van der Waals surface area contributed by atoms with Gasteiger partial charge < -0.3 is 15.5 Å². The van der Waals surface area contributed by atoms with E-state index in [9.17, 15) is 9.59 Å². The molecule has 0 saturated heterocycles. The molecule has 0 bridgehead atoms. The molecule has 20 heavy (non-hydrogen) atoms. The van der Waals surface area contributed by atoms with E-state index >= 15 is 0 Å². The predicted molar refractivity (Wildman–Crippen MR) is 78.6 cm³/mol. The number of likely N-dealkylation sites (N-methyl/N-ethyl adjacent to an activating group) is 1. The average Bonchev–Trinajstić information content (AvgIpc) is 2.89. The van der Waals surface area contributed by atoms with Gasteiger partial charge in [0.25, 0.3) is 0 Å². The molecule has 5 heteroatoms. The zero-order valence-electron chi connectivity index (χ0n) is 12.0. The summed E-state index contributed by atoms with van der Waals surface area (Å²) in [6.07, 6.45) is 0.838. The van der Waals surface area contributed by atoms with E-state index in [4.69, 9.17) is 0 Å². The van der Waals surface area contributed by atoms with Gasteiger partial charge >= 0.3 is 0 Å². The fraction of sp³-hybridized carbons (Fsp3) is 0.467. The van der Waals surface area contributed by atoms with Gasteiger partial charge in [-0.3, -0.25) is 9.59 Å².